The molecule has 0 spiro atoms. The summed E-state index contributed by atoms with van der Waals surface area (Å²) in [5.41, 5.74) is 1.46. The van der Waals surface area contributed by atoms with E-state index in [1.165, 1.54) is 12.1 Å². The average Bonchev–Trinajstić information content (AvgIpc) is 2.25. The Morgan fingerprint density at radius 1 is 1.33 bits per heavy atom. The van der Waals surface area contributed by atoms with Crippen molar-refractivity contribution >= 4 is 16.6 Å². The molecule has 2 N–H and O–H groups in total. The molecule has 0 aliphatic heterocycles. The maximum Gasteiger partial charge on any atom is 0.125 e. The molecule has 0 saturated carbocycles. The van der Waals surface area contributed by atoms with E-state index in [-0.39, 0.29) is 12.4 Å². The molecule has 0 radical (unpaired) electrons. The highest BCUT2D eigenvalue weighted by atomic mass is 19.1. The molecule has 3 nitrogen and oxygen atoms in total. The molecule has 0 amide bonds. The molecule has 1 aromatic carbocycles. The van der Waals surface area contributed by atoms with E-state index in [0.29, 0.717) is 12.1 Å². The molecule has 0 atom stereocenters. The summed E-state index contributed by atoms with van der Waals surface area (Å²) in [6.07, 6.45) is 1.61. The monoisotopic (exact) mass is 206 g/mol. The van der Waals surface area contributed by atoms with Crippen LogP contribution in [0.25, 0.3) is 10.9 Å². The van der Waals surface area contributed by atoms with E-state index in [0.717, 1.165) is 11.1 Å². The third kappa shape index (κ3) is 2.05. The maximum absolute atomic E-state index is 12.9. The average molecular weight is 206 g/mol. The van der Waals surface area contributed by atoms with Crippen LogP contribution in [0.15, 0.2) is 30.5 Å². The Morgan fingerprint density at radius 2 is 2.20 bits per heavy atom. The second-order valence-electron chi connectivity index (χ2n) is 3.17. The summed E-state index contributed by atoms with van der Waals surface area (Å²) in [6.45, 7) is 0.529. The number of pyridine rings is 1. The van der Waals surface area contributed by atoms with Gasteiger partial charge in [-0.05, 0) is 18.2 Å². The summed E-state index contributed by atoms with van der Waals surface area (Å²) >= 11 is 0. The van der Waals surface area contributed by atoms with Crippen molar-refractivity contribution in [1.82, 2.24) is 4.98 Å². The number of anilines is 1. The van der Waals surface area contributed by atoms with Crippen LogP contribution in [0.1, 0.15) is 0 Å². The van der Waals surface area contributed by atoms with Crippen LogP contribution in [0, 0.1) is 5.82 Å². The zero-order valence-corrected chi connectivity index (χ0v) is 8.07. The van der Waals surface area contributed by atoms with Gasteiger partial charge in [-0.15, -0.1) is 0 Å². The molecular formula is C11H11FN2O. The highest BCUT2D eigenvalue weighted by Crippen LogP contribution is 2.21. The minimum Gasteiger partial charge on any atom is -0.395 e. The Bertz CT molecular complexity index is 473. The minimum atomic E-state index is -0.297. The van der Waals surface area contributed by atoms with Crippen LogP contribution in [0.4, 0.5) is 10.1 Å². The van der Waals surface area contributed by atoms with Crippen molar-refractivity contribution in [2.45, 2.75) is 0 Å². The summed E-state index contributed by atoms with van der Waals surface area (Å²) < 4.78 is 12.9. The maximum atomic E-state index is 12.9. The molecule has 0 fully saturated rings. The molecule has 15 heavy (non-hydrogen) atoms. The second-order valence-corrected chi connectivity index (χ2v) is 3.17. The SMILES string of the molecule is OCCNc1ccnc2cc(F)ccc12. The number of halogens is 1. The van der Waals surface area contributed by atoms with Gasteiger partial charge < -0.3 is 10.4 Å². The number of aliphatic hydroxyl groups excluding tert-OH is 1. The van der Waals surface area contributed by atoms with Crippen molar-refractivity contribution in [3.8, 4) is 0 Å². The topological polar surface area (TPSA) is 45.1 Å². The van der Waals surface area contributed by atoms with E-state index >= 15 is 0 Å². The van der Waals surface area contributed by atoms with E-state index < -0.39 is 0 Å². The van der Waals surface area contributed by atoms with Gasteiger partial charge in [0.15, 0.2) is 0 Å². The lowest BCUT2D eigenvalue weighted by atomic mass is 10.2. The number of benzene rings is 1. The zero-order valence-electron chi connectivity index (χ0n) is 8.07. The van der Waals surface area contributed by atoms with Gasteiger partial charge in [0.25, 0.3) is 0 Å². The highest BCUT2D eigenvalue weighted by molar-refractivity contribution is 5.90. The Balaban J connectivity index is 2.46. The van der Waals surface area contributed by atoms with Crippen molar-refractivity contribution in [2.24, 2.45) is 0 Å². The van der Waals surface area contributed by atoms with Crippen molar-refractivity contribution in [1.29, 1.82) is 0 Å². The Labute approximate surface area is 86.6 Å². The number of fused-ring (bicyclic) bond motifs is 1. The molecule has 2 rings (SSSR count). The normalized spacial score (nSPS) is 10.5. The summed E-state index contributed by atoms with van der Waals surface area (Å²) in [5, 5.41) is 12.6. The van der Waals surface area contributed by atoms with E-state index in [2.05, 4.69) is 10.3 Å². The van der Waals surface area contributed by atoms with Crippen molar-refractivity contribution in [2.75, 3.05) is 18.5 Å². The summed E-state index contributed by atoms with van der Waals surface area (Å²) in [4.78, 5) is 4.07. The molecule has 0 aliphatic rings. The van der Waals surface area contributed by atoms with Gasteiger partial charge in [0.1, 0.15) is 5.82 Å². The molecule has 0 bridgehead atoms. The van der Waals surface area contributed by atoms with Crippen LogP contribution in [0.5, 0.6) is 0 Å². The van der Waals surface area contributed by atoms with Gasteiger partial charge in [-0.2, -0.15) is 0 Å². The van der Waals surface area contributed by atoms with Crippen molar-refractivity contribution in [3.05, 3.63) is 36.3 Å². The van der Waals surface area contributed by atoms with Gasteiger partial charge in [-0.1, -0.05) is 0 Å². The molecule has 1 aromatic heterocycles. The molecule has 2 aromatic rings. The van der Waals surface area contributed by atoms with Crippen LogP contribution >= 0.6 is 0 Å². The fourth-order valence-corrected chi connectivity index (χ4v) is 1.47. The molecule has 0 saturated heterocycles. The number of hydrogen-bond acceptors (Lipinski definition) is 3. The number of aliphatic hydroxyl groups is 1. The van der Waals surface area contributed by atoms with E-state index in [9.17, 15) is 4.39 Å². The van der Waals surface area contributed by atoms with Gasteiger partial charge >= 0.3 is 0 Å². The van der Waals surface area contributed by atoms with Gasteiger partial charge in [0, 0.05) is 29.9 Å². The molecular weight excluding hydrogens is 195 g/mol. The van der Waals surface area contributed by atoms with Crippen LogP contribution in [0.2, 0.25) is 0 Å². The number of nitrogens with zero attached hydrogens (tertiary/aromatic N) is 1. The number of hydrogen-bond donors (Lipinski definition) is 2. The van der Waals surface area contributed by atoms with Gasteiger partial charge in [-0.25, -0.2) is 4.39 Å². The third-order valence-corrected chi connectivity index (χ3v) is 2.13. The predicted molar refractivity (Wildman–Crippen MR) is 57.3 cm³/mol. The lowest BCUT2D eigenvalue weighted by molar-refractivity contribution is 0.311. The first-order valence-corrected chi connectivity index (χ1v) is 4.70. The van der Waals surface area contributed by atoms with E-state index in [1.54, 1.807) is 18.3 Å². The summed E-state index contributed by atoms with van der Waals surface area (Å²) in [7, 11) is 0. The van der Waals surface area contributed by atoms with Gasteiger partial charge in [0.05, 0.1) is 12.1 Å². The largest absolute Gasteiger partial charge is 0.395 e. The van der Waals surface area contributed by atoms with Crippen LogP contribution in [0.3, 0.4) is 0 Å². The molecule has 4 heteroatoms. The van der Waals surface area contributed by atoms with Crippen LogP contribution in [-0.4, -0.2) is 23.2 Å². The summed E-state index contributed by atoms with van der Waals surface area (Å²) in [5.74, 6) is -0.297. The predicted octanol–water partition coefficient (Wildman–Crippen LogP) is 1.78. The number of rotatable bonds is 3. The molecule has 0 unspecified atom stereocenters. The Hall–Kier alpha value is -1.68. The first-order valence-electron chi connectivity index (χ1n) is 4.70. The Morgan fingerprint density at radius 3 is 3.00 bits per heavy atom. The third-order valence-electron chi connectivity index (χ3n) is 2.13. The highest BCUT2D eigenvalue weighted by Gasteiger charge is 2.01. The van der Waals surface area contributed by atoms with Crippen LogP contribution < -0.4 is 5.32 Å². The first kappa shape index (κ1) is 9.86. The molecule has 0 aliphatic carbocycles. The van der Waals surface area contributed by atoms with E-state index in [4.69, 9.17) is 5.11 Å². The number of nitrogens with one attached hydrogen (secondary N) is 1. The fourth-order valence-electron chi connectivity index (χ4n) is 1.47. The Kier molecular flexibility index (Phi) is 2.78. The first-order chi connectivity index (χ1) is 7.31. The molecule has 78 valence electrons. The van der Waals surface area contributed by atoms with E-state index in [1.807, 2.05) is 0 Å². The lowest BCUT2D eigenvalue weighted by Gasteiger charge is -2.07. The standard InChI is InChI=1S/C11H11FN2O/c12-8-1-2-9-10(14-5-6-15)3-4-13-11(9)7-8/h1-4,7,15H,5-6H2,(H,13,14). The fraction of sp³-hybridized carbons (Fsp3) is 0.182. The lowest BCUT2D eigenvalue weighted by Crippen LogP contribution is -2.05. The van der Waals surface area contributed by atoms with Gasteiger partial charge in [-0.3, -0.25) is 4.98 Å². The molecule has 1 heterocycles. The smallest absolute Gasteiger partial charge is 0.125 e. The quantitative estimate of drug-likeness (QED) is 0.804. The second kappa shape index (κ2) is 4.23. The zero-order chi connectivity index (χ0) is 10.7. The number of aromatic nitrogens is 1. The van der Waals surface area contributed by atoms with Crippen molar-refractivity contribution in [3.63, 3.8) is 0 Å². The minimum absolute atomic E-state index is 0.0605. The van der Waals surface area contributed by atoms with Crippen LogP contribution in [-0.2, 0) is 0 Å². The van der Waals surface area contributed by atoms with Crippen molar-refractivity contribution < 1.29 is 9.50 Å². The van der Waals surface area contributed by atoms with Gasteiger partial charge in [0.2, 0.25) is 0 Å². The summed E-state index contributed by atoms with van der Waals surface area (Å²) in [6, 6.07) is 6.26.